The van der Waals surface area contributed by atoms with Gasteiger partial charge in [0.15, 0.2) is 6.10 Å². The van der Waals surface area contributed by atoms with Crippen LogP contribution < -0.4 is 5.32 Å². The fraction of sp³-hybridized carbons (Fsp3) is 0.158. The summed E-state index contributed by atoms with van der Waals surface area (Å²) in [5.74, 6) is -1.67. The Morgan fingerprint density at radius 2 is 1.93 bits per heavy atom. The van der Waals surface area contributed by atoms with Crippen molar-refractivity contribution in [2.24, 2.45) is 0 Å². The van der Waals surface area contributed by atoms with Crippen LogP contribution in [0.1, 0.15) is 28.4 Å². The quantitative estimate of drug-likeness (QED) is 0.606. The van der Waals surface area contributed by atoms with Gasteiger partial charge in [0.05, 0.1) is 18.2 Å². The average molecular weight is 384 g/mol. The number of esters is 2. The molecule has 1 N–H and O–H groups in total. The fourth-order valence-corrected chi connectivity index (χ4v) is 2.73. The summed E-state index contributed by atoms with van der Waals surface area (Å²) in [6, 6.07) is 9.98. The van der Waals surface area contributed by atoms with Gasteiger partial charge in [-0.15, -0.1) is 11.3 Å². The normalized spacial score (nSPS) is 11.4. The summed E-state index contributed by atoms with van der Waals surface area (Å²) >= 11 is 1.21. The molecule has 0 saturated carbocycles. The van der Waals surface area contributed by atoms with E-state index in [-0.39, 0.29) is 0 Å². The summed E-state index contributed by atoms with van der Waals surface area (Å²) in [7, 11) is 1.29. The lowest BCUT2D eigenvalue weighted by atomic mass is 10.1. The lowest BCUT2D eigenvalue weighted by molar-refractivity contribution is -0.148. The van der Waals surface area contributed by atoms with Crippen LogP contribution in [-0.2, 0) is 19.1 Å². The van der Waals surface area contributed by atoms with Crippen molar-refractivity contribution in [1.29, 1.82) is 5.26 Å². The molecule has 2 aromatic rings. The Labute approximate surface area is 159 Å². The first-order valence-electron chi connectivity index (χ1n) is 7.80. The summed E-state index contributed by atoms with van der Waals surface area (Å²) in [5, 5.41) is 13.6. The van der Waals surface area contributed by atoms with Crippen LogP contribution in [0.4, 0.5) is 5.00 Å². The maximum absolute atomic E-state index is 12.1. The van der Waals surface area contributed by atoms with Crippen molar-refractivity contribution in [2.75, 3.05) is 12.4 Å². The van der Waals surface area contributed by atoms with E-state index in [2.05, 4.69) is 10.1 Å². The number of carbonyl (C=O) groups is 3. The molecule has 0 aliphatic rings. The average Bonchev–Trinajstić information content (AvgIpc) is 3.13. The van der Waals surface area contributed by atoms with Gasteiger partial charge in [0.1, 0.15) is 11.1 Å². The summed E-state index contributed by atoms with van der Waals surface area (Å²) in [4.78, 5) is 35.3. The van der Waals surface area contributed by atoms with Gasteiger partial charge in [-0.3, -0.25) is 4.79 Å². The second-order valence-corrected chi connectivity index (χ2v) is 6.21. The molecule has 0 radical (unpaired) electrons. The van der Waals surface area contributed by atoms with Crippen molar-refractivity contribution in [1.82, 2.24) is 0 Å². The van der Waals surface area contributed by atoms with Gasteiger partial charge in [0.2, 0.25) is 0 Å². The molecule has 138 valence electrons. The standard InChI is InChI=1S/C19H16N2O5S/c1-12(17(23)21-18-15(11-20)9-10-27-18)26-16(22)8-5-13-3-6-14(7-4-13)19(24)25-2/h3-10,12H,1-2H3,(H,21,23)/b8-5+/t12-/m0/s1. The molecule has 1 aromatic heterocycles. The van der Waals surface area contributed by atoms with E-state index in [1.807, 2.05) is 6.07 Å². The third-order valence-corrected chi connectivity index (χ3v) is 4.26. The van der Waals surface area contributed by atoms with E-state index in [0.29, 0.717) is 21.7 Å². The highest BCUT2D eigenvalue weighted by Crippen LogP contribution is 2.22. The van der Waals surface area contributed by atoms with Crippen LogP contribution in [0, 0.1) is 11.3 Å². The van der Waals surface area contributed by atoms with Gasteiger partial charge in [-0.25, -0.2) is 9.59 Å². The number of hydrogen-bond donors (Lipinski definition) is 1. The van der Waals surface area contributed by atoms with Crippen LogP contribution in [0.3, 0.4) is 0 Å². The number of rotatable bonds is 6. The smallest absolute Gasteiger partial charge is 0.337 e. The van der Waals surface area contributed by atoms with Gasteiger partial charge in [0, 0.05) is 6.08 Å². The van der Waals surface area contributed by atoms with E-state index in [0.717, 1.165) is 0 Å². The molecule has 0 bridgehead atoms. The van der Waals surface area contributed by atoms with Crippen LogP contribution in [0.2, 0.25) is 0 Å². The molecule has 7 nitrogen and oxygen atoms in total. The monoisotopic (exact) mass is 384 g/mol. The van der Waals surface area contributed by atoms with Crippen molar-refractivity contribution in [3.8, 4) is 6.07 Å². The van der Waals surface area contributed by atoms with Crippen LogP contribution in [0.25, 0.3) is 6.08 Å². The lowest BCUT2D eigenvalue weighted by Gasteiger charge is -2.11. The van der Waals surface area contributed by atoms with E-state index in [4.69, 9.17) is 10.00 Å². The summed E-state index contributed by atoms with van der Waals surface area (Å²) in [6.45, 7) is 1.44. The van der Waals surface area contributed by atoms with Crippen molar-refractivity contribution in [3.05, 3.63) is 58.5 Å². The van der Waals surface area contributed by atoms with Gasteiger partial charge in [-0.1, -0.05) is 12.1 Å². The van der Waals surface area contributed by atoms with Crippen molar-refractivity contribution in [2.45, 2.75) is 13.0 Å². The molecule has 27 heavy (non-hydrogen) atoms. The fourth-order valence-electron chi connectivity index (χ4n) is 1.99. The molecule has 8 heteroatoms. The van der Waals surface area contributed by atoms with Crippen molar-refractivity contribution >= 4 is 40.3 Å². The highest BCUT2D eigenvalue weighted by Gasteiger charge is 2.18. The molecule has 1 amide bonds. The number of nitrogens with one attached hydrogen (secondary N) is 1. The minimum atomic E-state index is -1.03. The predicted octanol–water partition coefficient (Wildman–Crippen LogP) is 2.99. The number of ether oxygens (including phenoxy) is 2. The molecule has 2 rings (SSSR count). The molecule has 0 fully saturated rings. The molecule has 0 unspecified atom stereocenters. The Kier molecular flexibility index (Phi) is 6.86. The van der Waals surface area contributed by atoms with Crippen LogP contribution in [0.15, 0.2) is 41.8 Å². The Morgan fingerprint density at radius 1 is 1.22 bits per heavy atom. The van der Waals surface area contributed by atoms with E-state index in [9.17, 15) is 14.4 Å². The SMILES string of the molecule is COC(=O)c1ccc(/C=C/C(=O)O[C@@H](C)C(=O)Nc2sccc2C#N)cc1. The number of carbonyl (C=O) groups excluding carboxylic acids is 3. The molecule has 0 saturated heterocycles. The molecule has 0 aliphatic heterocycles. The Balaban J connectivity index is 1.90. The van der Waals surface area contributed by atoms with Gasteiger partial charge < -0.3 is 14.8 Å². The molecular formula is C19H16N2O5S. The maximum Gasteiger partial charge on any atom is 0.337 e. The number of nitrogens with zero attached hydrogens (tertiary/aromatic N) is 1. The first-order valence-corrected chi connectivity index (χ1v) is 8.68. The van der Waals surface area contributed by atoms with Crippen LogP contribution >= 0.6 is 11.3 Å². The minimum Gasteiger partial charge on any atom is -0.465 e. The maximum atomic E-state index is 12.1. The molecular weight excluding hydrogens is 368 g/mol. The lowest BCUT2D eigenvalue weighted by Crippen LogP contribution is -2.29. The number of nitriles is 1. The van der Waals surface area contributed by atoms with Crippen molar-refractivity contribution in [3.63, 3.8) is 0 Å². The number of hydrogen-bond acceptors (Lipinski definition) is 7. The van der Waals surface area contributed by atoms with Gasteiger partial charge in [0.25, 0.3) is 5.91 Å². The number of anilines is 1. The Morgan fingerprint density at radius 3 is 2.56 bits per heavy atom. The number of amides is 1. The molecule has 1 heterocycles. The van der Waals surface area contributed by atoms with Crippen LogP contribution in [-0.4, -0.2) is 31.1 Å². The number of thiophene rings is 1. The summed E-state index contributed by atoms with van der Waals surface area (Å²) in [6.07, 6.45) is 1.65. The first-order chi connectivity index (χ1) is 12.9. The molecule has 1 aromatic carbocycles. The zero-order valence-corrected chi connectivity index (χ0v) is 15.4. The number of benzene rings is 1. The van der Waals surface area contributed by atoms with E-state index < -0.39 is 23.9 Å². The van der Waals surface area contributed by atoms with Crippen LogP contribution in [0.5, 0.6) is 0 Å². The predicted molar refractivity (Wildman–Crippen MR) is 100 cm³/mol. The topological polar surface area (TPSA) is 105 Å². The highest BCUT2D eigenvalue weighted by molar-refractivity contribution is 7.14. The number of methoxy groups -OCH3 is 1. The molecule has 1 atom stereocenters. The first kappa shape index (κ1) is 19.9. The highest BCUT2D eigenvalue weighted by atomic mass is 32.1. The summed E-state index contributed by atoms with van der Waals surface area (Å²) < 4.78 is 9.65. The van der Waals surface area contributed by atoms with Gasteiger partial charge in [-0.05, 0) is 42.1 Å². The second-order valence-electron chi connectivity index (χ2n) is 5.29. The zero-order chi connectivity index (χ0) is 19.8. The third-order valence-electron chi connectivity index (χ3n) is 3.43. The van der Waals surface area contributed by atoms with Gasteiger partial charge >= 0.3 is 11.9 Å². The van der Waals surface area contributed by atoms with E-state index in [1.54, 1.807) is 35.7 Å². The zero-order valence-electron chi connectivity index (χ0n) is 14.6. The third kappa shape index (κ3) is 5.52. The van der Waals surface area contributed by atoms with Crippen molar-refractivity contribution < 1.29 is 23.9 Å². The minimum absolute atomic E-state index is 0.349. The second kappa shape index (κ2) is 9.31. The molecule has 0 aliphatic carbocycles. The van der Waals surface area contributed by atoms with E-state index in [1.165, 1.54) is 37.5 Å². The molecule has 0 spiro atoms. The largest absolute Gasteiger partial charge is 0.465 e. The Hall–Kier alpha value is -3.44. The van der Waals surface area contributed by atoms with E-state index >= 15 is 0 Å². The Bertz CT molecular complexity index is 909. The van der Waals surface area contributed by atoms with Gasteiger partial charge in [-0.2, -0.15) is 5.26 Å². The summed E-state index contributed by atoms with van der Waals surface area (Å²) in [5.41, 5.74) is 1.42.